The van der Waals surface area contributed by atoms with Gasteiger partial charge in [-0.3, -0.25) is 4.79 Å². The Balaban J connectivity index is 1.99. The molecule has 0 fully saturated rings. The van der Waals surface area contributed by atoms with E-state index in [2.05, 4.69) is 10.3 Å². The van der Waals surface area contributed by atoms with Crippen LogP contribution in [0.5, 0.6) is 0 Å². The van der Waals surface area contributed by atoms with E-state index in [1.54, 1.807) is 18.2 Å². The Kier molecular flexibility index (Phi) is 5.65. The van der Waals surface area contributed by atoms with Crippen LogP contribution < -0.4 is 5.32 Å². The van der Waals surface area contributed by atoms with E-state index in [1.807, 2.05) is 0 Å². The van der Waals surface area contributed by atoms with Crippen LogP contribution in [0.15, 0.2) is 42.6 Å². The molecule has 1 atom stereocenters. The van der Waals surface area contributed by atoms with Crippen LogP contribution in [0, 0.1) is 5.82 Å². The van der Waals surface area contributed by atoms with E-state index in [1.165, 1.54) is 24.4 Å². The fourth-order valence-electron chi connectivity index (χ4n) is 2.04. The van der Waals surface area contributed by atoms with E-state index >= 15 is 0 Å². The molecule has 120 valence electrons. The summed E-state index contributed by atoms with van der Waals surface area (Å²) in [7, 11) is 0. The minimum absolute atomic E-state index is 0.0778. The molecule has 2 N–H and O–H groups in total. The molecule has 0 bridgehead atoms. The van der Waals surface area contributed by atoms with Crippen LogP contribution in [0.3, 0.4) is 0 Å². The van der Waals surface area contributed by atoms with Crippen molar-refractivity contribution >= 4 is 23.5 Å². The zero-order valence-corrected chi connectivity index (χ0v) is 12.8. The van der Waals surface area contributed by atoms with Crippen molar-refractivity contribution in [2.45, 2.75) is 18.9 Å². The average Bonchev–Trinajstić information content (AvgIpc) is 2.48. The number of pyridine rings is 1. The smallest absolute Gasteiger partial charge is 0.326 e. The van der Waals surface area contributed by atoms with E-state index < -0.39 is 23.7 Å². The van der Waals surface area contributed by atoms with E-state index in [4.69, 9.17) is 11.6 Å². The third-order valence-corrected chi connectivity index (χ3v) is 3.34. The number of nitrogens with one attached hydrogen (secondary N) is 1. The molecule has 0 aliphatic heterocycles. The van der Waals surface area contributed by atoms with E-state index in [0.717, 1.165) is 0 Å². The quantitative estimate of drug-likeness (QED) is 0.793. The first kappa shape index (κ1) is 16.9. The molecular weight excluding hydrogens is 323 g/mol. The molecule has 2 aromatic rings. The molecule has 1 aromatic carbocycles. The summed E-state index contributed by atoms with van der Waals surface area (Å²) in [5, 5.41) is 12.0. The SMILES string of the molecule is O=C(Cc1cccc(F)c1)N[C@H](Cc1ccc(Cl)nc1)C(=O)O. The van der Waals surface area contributed by atoms with E-state index in [0.29, 0.717) is 16.3 Å². The number of carboxylic acids is 1. The van der Waals surface area contributed by atoms with Gasteiger partial charge in [0.2, 0.25) is 5.91 Å². The number of aliphatic carboxylic acids is 1. The highest BCUT2D eigenvalue weighted by Gasteiger charge is 2.20. The normalized spacial score (nSPS) is 11.7. The molecule has 0 aliphatic carbocycles. The Morgan fingerprint density at radius 3 is 2.65 bits per heavy atom. The van der Waals surface area contributed by atoms with Gasteiger partial charge in [-0.05, 0) is 29.3 Å². The maximum Gasteiger partial charge on any atom is 0.326 e. The standard InChI is InChI=1S/C16H14ClFN2O3/c17-14-5-4-11(9-19-14)7-13(16(22)23)20-15(21)8-10-2-1-3-12(18)6-10/h1-6,9,13H,7-8H2,(H,20,21)(H,22,23)/t13-/m1/s1. The molecule has 7 heteroatoms. The zero-order chi connectivity index (χ0) is 16.8. The summed E-state index contributed by atoms with van der Waals surface area (Å²) in [6.45, 7) is 0. The van der Waals surface area contributed by atoms with Crippen molar-refractivity contribution in [3.8, 4) is 0 Å². The number of carboxylic acid groups (broad SMARTS) is 1. The third-order valence-electron chi connectivity index (χ3n) is 3.12. The monoisotopic (exact) mass is 336 g/mol. The fraction of sp³-hybridized carbons (Fsp3) is 0.188. The minimum Gasteiger partial charge on any atom is -0.480 e. The first-order chi connectivity index (χ1) is 10.9. The summed E-state index contributed by atoms with van der Waals surface area (Å²) in [4.78, 5) is 27.1. The highest BCUT2D eigenvalue weighted by atomic mass is 35.5. The first-order valence-corrected chi connectivity index (χ1v) is 7.19. The van der Waals surface area contributed by atoms with Gasteiger partial charge in [0.05, 0.1) is 6.42 Å². The summed E-state index contributed by atoms with van der Waals surface area (Å²) in [5.41, 5.74) is 1.10. The van der Waals surface area contributed by atoms with Gasteiger partial charge in [-0.15, -0.1) is 0 Å². The number of rotatable bonds is 6. The Morgan fingerprint density at radius 2 is 2.04 bits per heavy atom. The van der Waals surface area contributed by atoms with Crippen molar-refractivity contribution in [3.05, 3.63) is 64.7 Å². The maximum absolute atomic E-state index is 13.1. The predicted octanol–water partition coefficient (Wildman–Crippen LogP) is 2.23. The summed E-state index contributed by atoms with van der Waals surface area (Å²) in [6.07, 6.45) is 1.44. The maximum atomic E-state index is 13.1. The zero-order valence-electron chi connectivity index (χ0n) is 12.0. The van der Waals surface area contributed by atoms with Crippen LogP contribution >= 0.6 is 11.6 Å². The molecule has 1 aromatic heterocycles. The van der Waals surface area contributed by atoms with Gasteiger partial charge >= 0.3 is 5.97 Å². The predicted molar refractivity (Wildman–Crippen MR) is 82.6 cm³/mol. The minimum atomic E-state index is -1.16. The fourth-order valence-corrected chi connectivity index (χ4v) is 2.15. The number of benzene rings is 1. The molecule has 2 rings (SSSR count). The lowest BCUT2D eigenvalue weighted by molar-refractivity contribution is -0.141. The van der Waals surface area contributed by atoms with Gasteiger partial charge < -0.3 is 10.4 Å². The van der Waals surface area contributed by atoms with Gasteiger partial charge in [-0.1, -0.05) is 29.8 Å². The van der Waals surface area contributed by atoms with Crippen molar-refractivity contribution in [1.29, 1.82) is 0 Å². The number of aromatic nitrogens is 1. The number of nitrogens with zero attached hydrogens (tertiary/aromatic N) is 1. The van der Waals surface area contributed by atoms with Crippen molar-refractivity contribution in [3.63, 3.8) is 0 Å². The topological polar surface area (TPSA) is 79.3 Å². The van der Waals surface area contributed by atoms with Crippen LogP contribution in [0.25, 0.3) is 0 Å². The number of amides is 1. The second-order valence-corrected chi connectivity index (χ2v) is 5.35. The van der Waals surface area contributed by atoms with E-state index in [-0.39, 0.29) is 12.8 Å². The number of hydrogen-bond donors (Lipinski definition) is 2. The highest BCUT2D eigenvalue weighted by Crippen LogP contribution is 2.09. The average molecular weight is 337 g/mol. The highest BCUT2D eigenvalue weighted by molar-refractivity contribution is 6.29. The molecule has 0 saturated carbocycles. The molecule has 1 amide bonds. The third kappa shape index (κ3) is 5.34. The second-order valence-electron chi connectivity index (χ2n) is 4.96. The molecule has 1 heterocycles. The van der Waals surface area contributed by atoms with Crippen molar-refractivity contribution in [1.82, 2.24) is 10.3 Å². The molecule has 0 spiro atoms. The molecule has 0 aliphatic rings. The van der Waals surface area contributed by atoms with Crippen LogP contribution in [-0.4, -0.2) is 28.0 Å². The summed E-state index contributed by atoms with van der Waals surface area (Å²) in [5.74, 6) is -2.10. The number of carbonyl (C=O) groups excluding carboxylic acids is 1. The molecule has 0 saturated heterocycles. The van der Waals surface area contributed by atoms with Gasteiger partial charge in [0.15, 0.2) is 0 Å². The van der Waals surface area contributed by atoms with Gasteiger partial charge in [-0.2, -0.15) is 0 Å². The van der Waals surface area contributed by atoms with Crippen LogP contribution in [0.4, 0.5) is 4.39 Å². The van der Waals surface area contributed by atoms with Crippen LogP contribution in [-0.2, 0) is 22.4 Å². The van der Waals surface area contributed by atoms with Crippen LogP contribution in [0.1, 0.15) is 11.1 Å². The lowest BCUT2D eigenvalue weighted by Crippen LogP contribution is -2.43. The first-order valence-electron chi connectivity index (χ1n) is 6.81. The number of halogens is 2. The molecule has 23 heavy (non-hydrogen) atoms. The second kappa shape index (κ2) is 7.69. The number of hydrogen-bond acceptors (Lipinski definition) is 3. The van der Waals surface area contributed by atoms with Gasteiger partial charge in [0.25, 0.3) is 0 Å². The van der Waals surface area contributed by atoms with Gasteiger partial charge in [0, 0.05) is 12.6 Å². The molecule has 0 radical (unpaired) electrons. The van der Waals surface area contributed by atoms with Crippen molar-refractivity contribution in [2.75, 3.05) is 0 Å². The number of carbonyl (C=O) groups is 2. The lowest BCUT2D eigenvalue weighted by atomic mass is 10.1. The Morgan fingerprint density at radius 1 is 1.26 bits per heavy atom. The van der Waals surface area contributed by atoms with E-state index in [9.17, 15) is 19.1 Å². The Bertz CT molecular complexity index is 707. The van der Waals surface area contributed by atoms with Crippen molar-refractivity contribution < 1.29 is 19.1 Å². The molecular formula is C16H14ClFN2O3. The lowest BCUT2D eigenvalue weighted by Gasteiger charge is -2.14. The molecule has 5 nitrogen and oxygen atoms in total. The summed E-state index contributed by atoms with van der Waals surface area (Å²) >= 11 is 5.67. The van der Waals surface area contributed by atoms with Gasteiger partial charge in [0.1, 0.15) is 17.0 Å². The Labute approximate surface area is 137 Å². The largest absolute Gasteiger partial charge is 0.480 e. The summed E-state index contributed by atoms with van der Waals surface area (Å²) in [6, 6.07) is 7.69. The van der Waals surface area contributed by atoms with Crippen LogP contribution in [0.2, 0.25) is 5.15 Å². The molecule has 0 unspecified atom stereocenters. The summed E-state index contributed by atoms with van der Waals surface area (Å²) < 4.78 is 13.1. The van der Waals surface area contributed by atoms with Gasteiger partial charge in [-0.25, -0.2) is 14.2 Å². The Hall–Kier alpha value is -2.47. The van der Waals surface area contributed by atoms with Crippen molar-refractivity contribution in [2.24, 2.45) is 0 Å².